The standard InChI is InChI=1S/C32H37N3O8/c1-4-11-22(18-28-34-25-15-9-10-16-27(25)43-28)31(39)42-20-26(32(40)41-3)35-30(38)24(12-5-2)29(37)33-23(19-36)17-21-13-7-6-8-14-21/h4-10,13-16,22-24,26,36H,1-2,11-12,17-20H2,3H3,(H,33,37)(H,35,38)/t22-,23-,24?,26-/m1/s1. The smallest absolute Gasteiger partial charge is 0.331 e. The number of hydrogen-bond donors (Lipinski definition) is 3. The number of methoxy groups -OCH3 is 1. The first kappa shape index (κ1) is 32.7. The number of nitrogens with zero attached hydrogens (tertiary/aromatic N) is 1. The zero-order valence-corrected chi connectivity index (χ0v) is 24.1. The third kappa shape index (κ3) is 9.64. The van der Waals surface area contributed by atoms with Gasteiger partial charge in [0.2, 0.25) is 11.8 Å². The number of esters is 2. The Hall–Kier alpha value is -4.77. The maximum absolute atomic E-state index is 13.2. The number of para-hydroxylation sites is 2. The van der Waals surface area contributed by atoms with Gasteiger partial charge in [0.1, 0.15) is 18.0 Å². The maximum atomic E-state index is 13.2. The SMILES string of the molecule is C=CCC(C(=O)N[C@@H](CO)Cc1ccccc1)C(=O)N[C@H](COC(=O)[C@H](CC=C)Cc1nc2ccccc2o1)C(=O)OC. The molecule has 11 heteroatoms. The topological polar surface area (TPSA) is 157 Å². The van der Waals surface area contributed by atoms with Crippen LogP contribution in [0.15, 0.2) is 84.3 Å². The number of aromatic nitrogens is 1. The molecule has 0 spiro atoms. The second-order valence-electron chi connectivity index (χ2n) is 9.87. The normalized spacial score (nSPS) is 13.6. The van der Waals surface area contributed by atoms with Crippen LogP contribution < -0.4 is 10.6 Å². The summed E-state index contributed by atoms with van der Waals surface area (Å²) in [7, 11) is 1.13. The summed E-state index contributed by atoms with van der Waals surface area (Å²) in [5.41, 5.74) is 2.13. The fourth-order valence-corrected chi connectivity index (χ4v) is 4.41. The molecule has 2 amide bonds. The molecule has 1 aromatic heterocycles. The van der Waals surface area contributed by atoms with Crippen LogP contribution in [0.3, 0.4) is 0 Å². The molecule has 0 aliphatic rings. The van der Waals surface area contributed by atoms with Gasteiger partial charge in [-0.25, -0.2) is 9.78 Å². The van der Waals surface area contributed by atoms with Gasteiger partial charge in [0.05, 0.1) is 25.7 Å². The number of benzene rings is 2. The highest BCUT2D eigenvalue weighted by Gasteiger charge is 2.32. The van der Waals surface area contributed by atoms with Crippen LogP contribution >= 0.6 is 0 Å². The third-order valence-corrected chi connectivity index (χ3v) is 6.67. The molecule has 4 atom stereocenters. The van der Waals surface area contributed by atoms with Gasteiger partial charge < -0.3 is 29.6 Å². The van der Waals surface area contributed by atoms with E-state index in [1.54, 1.807) is 18.2 Å². The number of aliphatic hydroxyl groups is 1. The van der Waals surface area contributed by atoms with Crippen LogP contribution in [0.5, 0.6) is 0 Å². The summed E-state index contributed by atoms with van der Waals surface area (Å²) in [6.45, 7) is 6.43. The van der Waals surface area contributed by atoms with Crippen LogP contribution in [0.2, 0.25) is 0 Å². The molecule has 0 aliphatic carbocycles. The number of nitrogens with one attached hydrogen (secondary N) is 2. The summed E-state index contributed by atoms with van der Waals surface area (Å²) in [4.78, 5) is 56.1. The quantitative estimate of drug-likeness (QED) is 0.122. The molecular weight excluding hydrogens is 554 g/mol. The Balaban J connectivity index is 1.64. The lowest BCUT2D eigenvalue weighted by Gasteiger charge is -2.23. The number of aliphatic hydroxyl groups excluding tert-OH is 1. The van der Waals surface area contributed by atoms with Gasteiger partial charge in [-0.1, -0.05) is 54.6 Å². The summed E-state index contributed by atoms with van der Waals surface area (Å²) >= 11 is 0. The second kappa shape index (κ2) is 16.6. The predicted molar refractivity (Wildman–Crippen MR) is 158 cm³/mol. The van der Waals surface area contributed by atoms with Gasteiger partial charge in [-0.05, 0) is 37.0 Å². The Labute approximate surface area is 250 Å². The van der Waals surface area contributed by atoms with Gasteiger partial charge in [-0.3, -0.25) is 14.4 Å². The van der Waals surface area contributed by atoms with Crippen molar-refractivity contribution in [2.45, 2.75) is 37.8 Å². The van der Waals surface area contributed by atoms with Gasteiger partial charge in [0.25, 0.3) is 0 Å². The van der Waals surface area contributed by atoms with Crippen LogP contribution in [-0.2, 0) is 41.5 Å². The summed E-state index contributed by atoms with van der Waals surface area (Å²) in [5, 5.41) is 15.0. The van der Waals surface area contributed by atoms with Gasteiger partial charge >= 0.3 is 11.9 Å². The summed E-state index contributed by atoms with van der Waals surface area (Å²) in [5.74, 6) is -4.61. The van der Waals surface area contributed by atoms with E-state index >= 15 is 0 Å². The van der Waals surface area contributed by atoms with Crippen molar-refractivity contribution in [1.82, 2.24) is 15.6 Å². The van der Waals surface area contributed by atoms with Crippen molar-refractivity contribution in [2.75, 3.05) is 20.3 Å². The van der Waals surface area contributed by atoms with E-state index in [1.807, 2.05) is 42.5 Å². The molecule has 1 heterocycles. The molecule has 1 unspecified atom stereocenters. The molecule has 0 aliphatic heterocycles. The molecule has 228 valence electrons. The highest BCUT2D eigenvalue weighted by Crippen LogP contribution is 2.20. The summed E-state index contributed by atoms with van der Waals surface area (Å²) < 4.78 is 15.9. The number of hydrogen-bond acceptors (Lipinski definition) is 9. The van der Waals surface area contributed by atoms with Crippen molar-refractivity contribution in [3.05, 3.63) is 91.4 Å². The Kier molecular flexibility index (Phi) is 12.7. The lowest BCUT2D eigenvalue weighted by molar-refractivity contribution is -0.155. The van der Waals surface area contributed by atoms with E-state index in [4.69, 9.17) is 13.9 Å². The van der Waals surface area contributed by atoms with E-state index < -0.39 is 54.3 Å². The van der Waals surface area contributed by atoms with Crippen molar-refractivity contribution in [3.63, 3.8) is 0 Å². The summed E-state index contributed by atoms with van der Waals surface area (Å²) in [6, 6.07) is 14.4. The lowest BCUT2D eigenvalue weighted by Crippen LogP contribution is -2.52. The molecule has 0 saturated heterocycles. The molecule has 11 nitrogen and oxygen atoms in total. The number of fused-ring (bicyclic) bond motifs is 1. The van der Waals surface area contributed by atoms with E-state index in [9.17, 15) is 24.3 Å². The zero-order chi connectivity index (χ0) is 31.2. The van der Waals surface area contributed by atoms with Crippen LogP contribution in [0, 0.1) is 11.8 Å². The van der Waals surface area contributed by atoms with E-state index in [0.29, 0.717) is 23.4 Å². The number of carbonyl (C=O) groups excluding carboxylic acids is 4. The first-order chi connectivity index (χ1) is 20.8. The predicted octanol–water partition coefficient (Wildman–Crippen LogP) is 2.68. The van der Waals surface area contributed by atoms with Crippen LogP contribution in [0.1, 0.15) is 24.3 Å². The van der Waals surface area contributed by atoms with Crippen molar-refractivity contribution in [3.8, 4) is 0 Å². The molecule has 2 aromatic carbocycles. The van der Waals surface area contributed by atoms with Gasteiger partial charge in [-0.15, -0.1) is 13.2 Å². The van der Waals surface area contributed by atoms with Crippen molar-refractivity contribution >= 4 is 34.9 Å². The van der Waals surface area contributed by atoms with Gasteiger partial charge in [-0.2, -0.15) is 0 Å². The fraction of sp³-hybridized carbons (Fsp3) is 0.344. The maximum Gasteiger partial charge on any atom is 0.331 e. The van der Waals surface area contributed by atoms with Crippen LogP contribution in [0.25, 0.3) is 11.1 Å². The first-order valence-corrected chi connectivity index (χ1v) is 13.9. The van der Waals surface area contributed by atoms with Crippen molar-refractivity contribution in [2.24, 2.45) is 11.8 Å². The van der Waals surface area contributed by atoms with Gasteiger partial charge in [0.15, 0.2) is 17.5 Å². The number of oxazole rings is 1. The molecule has 0 saturated carbocycles. The molecular formula is C32H37N3O8. The minimum Gasteiger partial charge on any atom is -0.467 e. The highest BCUT2D eigenvalue weighted by atomic mass is 16.5. The number of ether oxygens (including phenoxy) is 2. The molecule has 0 fully saturated rings. The molecule has 43 heavy (non-hydrogen) atoms. The Bertz CT molecular complexity index is 1370. The largest absolute Gasteiger partial charge is 0.467 e. The minimum absolute atomic E-state index is 0.0409. The average Bonchev–Trinajstić information content (AvgIpc) is 3.43. The first-order valence-electron chi connectivity index (χ1n) is 13.9. The number of allylic oxidation sites excluding steroid dienone is 2. The monoisotopic (exact) mass is 591 g/mol. The van der Waals surface area contributed by atoms with Crippen molar-refractivity contribution in [1.29, 1.82) is 0 Å². The highest BCUT2D eigenvalue weighted by molar-refractivity contribution is 6.01. The van der Waals surface area contributed by atoms with Crippen molar-refractivity contribution < 1.29 is 38.2 Å². The van der Waals surface area contributed by atoms with E-state index in [2.05, 4.69) is 28.8 Å². The minimum atomic E-state index is -1.38. The average molecular weight is 592 g/mol. The zero-order valence-electron chi connectivity index (χ0n) is 24.1. The van der Waals surface area contributed by atoms with E-state index in [0.717, 1.165) is 12.7 Å². The second-order valence-corrected chi connectivity index (χ2v) is 9.87. The van der Waals surface area contributed by atoms with Gasteiger partial charge in [0, 0.05) is 6.42 Å². The number of rotatable bonds is 17. The number of carbonyl (C=O) groups is 4. The third-order valence-electron chi connectivity index (χ3n) is 6.67. The number of amides is 2. The van der Waals surface area contributed by atoms with E-state index in [1.165, 1.54) is 6.08 Å². The Morgan fingerprint density at radius 2 is 1.60 bits per heavy atom. The van der Waals surface area contributed by atoms with E-state index in [-0.39, 0.29) is 25.9 Å². The molecule has 3 rings (SSSR count). The molecule has 3 N–H and O–H groups in total. The fourth-order valence-electron chi connectivity index (χ4n) is 4.41. The lowest BCUT2D eigenvalue weighted by atomic mass is 10.0. The Morgan fingerprint density at radius 1 is 0.930 bits per heavy atom. The summed E-state index contributed by atoms with van der Waals surface area (Å²) in [6.07, 6.45) is 3.65. The molecule has 0 bridgehead atoms. The molecule has 0 radical (unpaired) electrons. The molecule has 3 aromatic rings. The van der Waals surface area contributed by atoms with Crippen LogP contribution in [-0.4, -0.2) is 66.3 Å². The van der Waals surface area contributed by atoms with Crippen LogP contribution in [0.4, 0.5) is 0 Å². The Morgan fingerprint density at radius 3 is 2.26 bits per heavy atom.